The number of benzene rings is 1. The van der Waals surface area contributed by atoms with Gasteiger partial charge in [-0.25, -0.2) is 0 Å². The molecule has 1 saturated heterocycles. The highest BCUT2D eigenvalue weighted by Gasteiger charge is 2.57. The van der Waals surface area contributed by atoms with Crippen molar-refractivity contribution in [1.29, 1.82) is 5.26 Å². The van der Waals surface area contributed by atoms with Crippen LogP contribution in [0.1, 0.15) is 48.6 Å². The van der Waals surface area contributed by atoms with Gasteiger partial charge < -0.3 is 14.8 Å². The molecule has 5 rings (SSSR count). The second kappa shape index (κ2) is 9.37. The van der Waals surface area contributed by atoms with Crippen LogP contribution in [0.5, 0.6) is 5.75 Å². The van der Waals surface area contributed by atoms with Gasteiger partial charge in [0.25, 0.3) is 0 Å². The van der Waals surface area contributed by atoms with Crippen molar-refractivity contribution in [2.75, 3.05) is 27.8 Å². The topological polar surface area (TPSA) is 112 Å². The number of hydrogen-bond donors (Lipinski definition) is 1. The molecule has 0 radical (unpaired) electrons. The molecule has 2 bridgehead atoms. The Morgan fingerprint density at radius 2 is 1.84 bits per heavy atom. The molecule has 1 N–H and O–H groups in total. The van der Waals surface area contributed by atoms with Crippen molar-refractivity contribution >= 4 is 17.5 Å². The van der Waals surface area contributed by atoms with E-state index in [0.29, 0.717) is 29.6 Å². The maximum absolute atomic E-state index is 13.7. The summed E-state index contributed by atoms with van der Waals surface area (Å²) >= 11 is 0. The van der Waals surface area contributed by atoms with Crippen LogP contribution in [0.25, 0.3) is 0 Å². The average molecular weight is 519 g/mol. The maximum Gasteiger partial charge on any atom is 0.226 e. The van der Waals surface area contributed by atoms with Crippen molar-refractivity contribution in [2.45, 2.75) is 70.7 Å². The number of methoxy groups -OCH3 is 2. The molecule has 1 unspecified atom stereocenters. The van der Waals surface area contributed by atoms with E-state index in [1.54, 1.807) is 14.0 Å². The Kier molecular flexibility index (Phi) is 6.44. The minimum atomic E-state index is -0.639. The molecule has 9 heteroatoms. The van der Waals surface area contributed by atoms with Crippen LogP contribution in [0, 0.1) is 25.2 Å². The minimum Gasteiger partial charge on any atom is -0.496 e. The molecule has 38 heavy (non-hydrogen) atoms. The number of likely N-dealkylation sites (N-methyl/N-ethyl adjacent to an activating group) is 1. The fourth-order valence-corrected chi connectivity index (χ4v) is 7.39. The zero-order chi connectivity index (χ0) is 27.6. The lowest BCUT2D eigenvalue weighted by Gasteiger charge is -2.60. The van der Waals surface area contributed by atoms with Gasteiger partial charge in [-0.2, -0.15) is 5.26 Å². The zero-order valence-electron chi connectivity index (χ0n) is 23.0. The van der Waals surface area contributed by atoms with E-state index in [4.69, 9.17) is 9.47 Å². The number of amides is 1. The van der Waals surface area contributed by atoms with Gasteiger partial charge in [0, 0.05) is 42.3 Å². The molecule has 0 saturated carbocycles. The summed E-state index contributed by atoms with van der Waals surface area (Å²) in [6.07, 6.45) is 0.989. The smallest absolute Gasteiger partial charge is 0.226 e. The van der Waals surface area contributed by atoms with E-state index >= 15 is 0 Å². The Morgan fingerprint density at radius 1 is 1.13 bits per heavy atom. The molecule has 5 atom stereocenters. The minimum absolute atomic E-state index is 0.0317. The van der Waals surface area contributed by atoms with Crippen LogP contribution in [0.4, 0.5) is 0 Å². The fraction of sp³-hybridized carbons (Fsp3) is 0.517. The summed E-state index contributed by atoms with van der Waals surface area (Å²) in [6, 6.07) is 2.97. The van der Waals surface area contributed by atoms with Gasteiger partial charge in [-0.05, 0) is 62.9 Å². The Bertz CT molecular complexity index is 1370. The molecule has 1 aliphatic carbocycles. The van der Waals surface area contributed by atoms with Crippen LogP contribution in [0.2, 0.25) is 0 Å². The second-order valence-corrected chi connectivity index (χ2v) is 10.8. The molecule has 0 spiro atoms. The molecule has 1 amide bonds. The molecule has 1 aromatic rings. The molecule has 4 aliphatic rings. The molecular formula is C29H34N4O5. The number of ether oxygens (including phenoxy) is 2. The first-order valence-corrected chi connectivity index (χ1v) is 12.9. The van der Waals surface area contributed by atoms with Crippen molar-refractivity contribution in [3.63, 3.8) is 0 Å². The van der Waals surface area contributed by atoms with Crippen molar-refractivity contribution < 1.29 is 23.9 Å². The summed E-state index contributed by atoms with van der Waals surface area (Å²) in [7, 11) is 5.10. The number of carbonyl (C=O) groups is 3. The number of carbonyl (C=O) groups excluding carboxylic acids is 3. The predicted molar refractivity (Wildman–Crippen MR) is 139 cm³/mol. The van der Waals surface area contributed by atoms with Gasteiger partial charge in [0.2, 0.25) is 11.7 Å². The zero-order valence-corrected chi connectivity index (χ0v) is 23.0. The van der Waals surface area contributed by atoms with Gasteiger partial charge in [0.1, 0.15) is 11.8 Å². The third kappa shape index (κ3) is 3.54. The van der Waals surface area contributed by atoms with Crippen LogP contribution < -0.4 is 10.1 Å². The Balaban J connectivity index is 1.74. The first-order chi connectivity index (χ1) is 18.1. The van der Waals surface area contributed by atoms with E-state index in [-0.39, 0.29) is 47.9 Å². The molecule has 3 aliphatic heterocycles. The molecule has 1 aromatic carbocycles. The van der Waals surface area contributed by atoms with Crippen LogP contribution >= 0.6 is 0 Å². The third-order valence-electron chi connectivity index (χ3n) is 8.88. The number of nitriles is 1. The van der Waals surface area contributed by atoms with Crippen LogP contribution in [-0.4, -0.2) is 79.3 Å². The van der Waals surface area contributed by atoms with E-state index in [9.17, 15) is 19.6 Å². The summed E-state index contributed by atoms with van der Waals surface area (Å²) in [5.74, 6) is 0.0676. The van der Waals surface area contributed by atoms with Crippen LogP contribution in [0.15, 0.2) is 28.5 Å². The number of nitrogens with one attached hydrogen (secondary N) is 1. The number of hydrogen-bond acceptors (Lipinski definition) is 8. The molecule has 200 valence electrons. The lowest BCUT2D eigenvalue weighted by molar-refractivity contribution is -0.123. The van der Waals surface area contributed by atoms with E-state index in [2.05, 4.69) is 34.2 Å². The van der Waals surface area contributed by atoms with Gasteiger partial charge >= 0.3 is 0 Å². The van der Waals surface area contributed by atoms with E-state index in [0.717, 1.165) is 22.4 Å². The first-order valence-electron chi connectivity index (χ1n) is 12.9. The quantitative estimate of drug-likeness (QED) is 0.603. The molecule has 9 nitrogen and oxygen atoms in total. The summed E-state index contributed by atoms with van der Waals surface area (Å²) in [5, 5.41) is 13.4. The number of fused-ring (bicyclic) bond motifs is 6. The van der Waals surface area contributed by atoms with Crippen molar-refractivity contribution in [2.24, 2.45) is 0 Å². The monoisotopic (exact) mass is 518 g/mol. The lowest BCUT2D eigenvalue weighted by Crippen LogP contribution is -2.71. The van der Waals surface area contributed by atoms with Gasteiger partial charge in [0.15, 0.2) is 11.5 Å². The Hall–Kier alpha value is -3.48. The highest BCUT2D eigenvalue weighted by Crippen LogP contribution is 2.51. The van der Waals surface area contributed by atoms with E-state index < -0.39 is 12.1 Å². The standard InChI is InChI=1S/C29H34N4O5/c1-13-8-17-9-19-21(11-30)33-20(25(32(19)5)23(17)14(2)28(13)37-6)10-18-24(22(33)12-31-16(4)34)27(36)29(38-7)15(3)26(18)35/h8,19-22,25H,9-10,12H2,1-7H3,(H,31,34)/t19-,20?,21+,22+,25+/m1/s1. The number of allylic oxidation sites excluding steroid dienone is 2. The van der Waals surface area contributed by atoms with Crippen LogP contribution in [-0.2, 0) is 25.5 Å². The lowest BCUT2D eigenvalue weighted by atomic mass is 9.69. The van der Waals surface area contributed by atoms with Gasteiger partial charge in [-0.1, -0.05) is 6.07 Å². The Labute approximate surface area is 223 Å². The highest BCUT2D eigenvalue weighted by atomic mass is 16.5. The summed E-state index contributed by atoms with van der Waals surface area (Å²) in [5.41, 5.74) is 5.53. The van der Waals surface area contributed by atoms with E-state index in [1.807, 2.05) is 14.0 Å². The average Bonchev–Trinajstić information content (AvgIpc) is 2.86. The number of aryl methyl sites for hydroxylation is 1. The maximum atomic E-state index is 13.7. The number of nitrogens with zero attached hydrogens (tertiary/aromatic N) is 3. The Morgan fingerprint density at radius 3 is 2.45 bits per heavy atom. The normalized spacial score (nSPS) is 28.8. The first kappa shape index (κ1) is 26.1. The van der Waals surface area contributed by atoms with Crippen molar-refractivity contribution in [1.82, 2.24) is 15.1 Å². The molecule has 3 heterocycles. The van der Waals surface area contributed by atoms with Crippen LogP contribution in [0.3, 0.4) is 0 Å². The van der Waals surface area contributed by atoms with Crippen molar-refractivity contribution in [3.8, 4) is 11.8 Å². The number of rotatable bonds is 4. The fourth-order valence-electron chi connectivity index (χ4n) is 7.39. The molecular weight excluding hydrogens is 484 g/mol. The summed E-state index contributed by atoms with van der Waals surface area (Å²) < 4.78 is 11.1. The molecule has 1 fully saturated rings. The third-order valence-corrected chi connectivity index (χ3v) is 8.88. The SMILES string of the molecule is COC1=C(C)C(=O)C2=C(C1=O)[C@H](CNC(C)=O)N1C(C2)[C@H]2c3c(cc(C)c(OC)c3C)C[C@H]([C@@H]1C#N)N2C. The van der Waals surface area contributed by atoms with E-state index in [1.165, 1.54) is 19.6 Å². The summed E-state index contributed by atoms with van der Waals surface area (Å²) in [4.78, 5) is 43.7. The van der Waals surface area contributed by atoms with Crippen molar-refractivity contribution in [3.05, 3.63) is 50.8 Å². The second-order valence-electron chi connectivity index (χ2n) is 10.8. The van der Waals surface area contributed by atoms with Gasteiger partial charge in [0.05, 0.1) is 32.4 Å². The number of ketones is 2. The predicted octanol–water partition coefficient (Wildman–Crippen LogP) is 2.06. The number of piperazine rings is 1. The largest absolute Gasteiger partial charge is 0.496 e. The number of Topliss-reactive ketones (excluding diaryl/α,β-unsaturated/α-hetero) is 2. The highest BCUT2D eigenvalue weighted by molar-refractivity contribution is 6.25. The van der Waals surface area contributed by atoms with Gasteiger partial charge in [-0.3, -0.25) is 24.2 Å². The summed E-state index contributed by atoms with van der Waals surface area (Å²) in [6.45, 7) is 7.25. The van der Waals surface area contributed by atoms with Gasteiger partial charge in [-0.15, -0.1) is 0 Å². The molecule has 0 aromatic heterocycles.